The van der Waals surface area contributed by atoms with Crippen molar-refractivity contribution in [2.24, 2.45) is 28.1 Å². The van der Waals surface area contributed by atoms with Crippen LogP contribution in [-0.4, -0.2) is 89.2 Å². The van der Waals surface area contributed by atoms with Gasteiger partial charge >= 0.3 is 5.97 Å². The highest BCUT2D eigenvalue weighted by Gasteiger charge is 2.32. The summed E-state index contributed by atoms with van der Waals surface area (Å²) in [4.78, 5) is 53.1. The number of nitrogens with zero attached hydrogens (tertiary/aromatic N) is 1. The summed E-state index contributed by atoms with van der Waals surface area (Å²) in [6.07, 6.45) is 3.14. The number of amides is 3. The van der Waals surface area contributed by atoms with Crippen LogP contribution < -0.4 is 33.2 Å². The predicted octanol–water partition coefficient (Wildman–Crippen LogP) is -2.30. The van der Waals surface area contributed by atoms with Crippen molar-refractivity contribution in [2.45, 2.75) is 63.7 Å². The molecule has 5 unspecified atom stereocenters. The number of hydrogen-bond acceptors (Lipinski definition) is 8. The molecule has 0 aliphatic rings. The smallest absolute Gasteiger partial charge is 0.326 e. The molecule has 0 aromatic heterocycles. The Morgan fingerprint density at radius 3 is 2.12 bits per heavy atom. The fraction of sp³-hybridized carbons (Fsp3) is 0.750. The maximum absolute atomic E-state index is 12.9. The fourth-order valence-electron chi connectivity index (χ4n) is 2.83. The average molecular weight is 506 g/mol. The average Bonchev–Trinajstić information content (AvgIpc) is 2.79. The number of nitrogens with two attached hydrogens (primary N) is 3. The van der Waals surface area contributed by atoms with Crippen LogP contribution in [0.25, 0.3) is 0 Å². The van der Waals surface area contributed by atoms with Crippen LogP contribution in [-0.2, 0) is 19.2 Å². The molecule has 0 saturated heterocycles. The van der Waals surface area contributed by atoms with Crippen LogP contribution in [0, 0.1) is 5.92 Å². The Bertz CT molecular complexity index is 705. The zero-order valence-electron chi connectivity index (χ0n) is 20.0. The lowest BCUT2D eigenvalue weighted by molar-refractivity contribution is -0.143. The van der Waals surface area contributed by atoms with Gasteiger partial charge in [0.25, 0.3) is 0 Å². The minimum atomic E-state index is -1.32. The summed E-state index contributed by atoms with van der Waals surface area (Å²) in [5.74, 6) is -3.15. The topological polar surface area (TPSA) is 235 Å². The molecule has 0 radical (unpaired) electrons. The SMILES string of the molecule is CCC(C)C(NC(=O)C(CO)NC(=O)C(N)CCSC)C(=O)NC(CCCN=C(N)N)C(=O)O. The monoisotopic (exact) mass is 505 g/mol. The van der Waals surface area contributed by atoms with Crippen molar-refractivity contribution < 1.29 is 29.4 Å². The van der Waals surface area contributed by atoms with Crippen LogP contribution in [0.15, 0.2) is 4.99 Å². The zero-order chi connectivity index (χ0) is 26.3. The van der Waals surface area contributed by atoms with E-state index in [-0.39, 0.29) is 24.8 Å². The van der Waals surface area contributed by atoms with Gasteiger partial charge in [-0.3, -0.25) is 19.4 Å². The van der Waals surface area contributed by atoms with E-state index in [1.54, 1.807) is 13.8 Å². The van der Waals surface area contributed by atoms with Crippen LogP contribution in [0.5, 0.6) is 0 Å². The van der Waals surface area contributed by atoms with Gasteiger partial charge in [-0.15, -0.1) is 0 Å². The quantitative estimate of drug-likeness (QED) is 0.0597. The summed E-state index contributed by atoms with van der Waals surface area (Å²) in [5.41, 5.74) is 16.3. The van der Waals surface area contributed by atoms with Crippen molar-refractivity contribution in [3.63, 3.8) is 0 Å². The molecule has 0 aliphatic carbocycles. The van der Waals surface area contributed by atoms with Gasteiger partial charge < -0.3 is 43.4 Å². The first kappa shape index (κ1) is 31.4. The van der Waals surface area contributed by atoms with Gasteiger partial charge in [0.1, 0.15) is 18.1 Å². The second kappa shape index (κ2) is 16.9. The molecule has 34 heavy (non-hydrogen) atoms. The van der Waals surface area contributed by atoms with Crippen LogP contribution >= 0.6 is 11.8 Å². The maximum Gasteiger partial charge on any atom is 0.326 e. The number of carboxylic acid groups (broad SMARTS) is 1. The lowest BCUT2D eigenvalue weighted by atomic mass is 9.97. The largest absolute Gasteiger partial charge is 0.480 e. The van der Waals surface area contributed by atoms with E-state index in [0.717, 1.165) is 0 Å². The molecule has 0 aromatic carbocycles. The van der Waals surface area contributed by atoms with Gasteiger partial charge in [-0.2, -0.15) is 11.8 Å². The zero-order valence-corrected chi connectivity index (χ0v) is 20.8. The molecule has 11 N–H and O–H groups in total. The van der Waals surface area contributed by atoms with E-state index in [0.29, 0.717) is 25.0 Å². The molecule has 0 bridgehead atoms. The van der Waals surface area contributed by atoms with Crippen molar-refractivity contribution in [2.75, 3.05) is 25.2 Å². The number of thioether (sulfide) groups is 1. The minimum absolute atomic E-state index is 0.0717. The number of aliphatic hydroxyl groups excluding tert-OH is 1. The van der Waals surface area contributed by atoms with Crippen molar-refractivity contribution in [3.05, 3.63) is 0 Å². The van der Waals surface area contributed by atoms with E-state index in [1.165, 1.54) is 11.8 Å². The number of nitrogens with one attached hydrogen (secondary N) is 3. The second-order valence-electron chi connectivity index (χ2n) is 7.85. The summed E-state index contributed by atoms with van der Waals surface area (Å²) in [7, 11) is 0. The number of carboxylic acids is 1. The van der Waals surface area contributed by atoms with E-state index in [9.17, 15) is 29.4 Å². The number of aliphatic hydroxyl groups is 1. The molecule has 0 saturated carbocycles. The Balaban J connectivity index is 5.24. The van der Waals surface area contributed by atoms with Crippen molar-refractivity contribution in [1.29, 1.82) is 0 Å². The van der Waals surface area contributed by atoms with Crippen LogP contribution in [0.1, 0.15) is 39.5 Å². The third-order valence-electron chi connectivity index (χ3n) is 5.14. The molecule has 196 valence electrons. The Morgan fingerprint density at radius 2 is 1.62 bits per heavy atom. The van der Waals surface area contributed by atoms with E-state index >= 15 is 0 Å². The molecule has 0 heterocycles. The molecule has 5 atom stereocenters. The van der Waals surface area contributed by atoms with Crippen molar-refractivity contribution in [3.8, 4) is 0 Å². The van der Waals surface area contributed by atoms with E-state index < -0.39 is 54.5 Å². The van der Waals surface area contributed by atoms with Crippen molar-refractivity contribution >= 4 is 41.4 Å². The molecular formula is C20H39N7O6S. The standard InChI is InChI=1S/C20H39N7O6S/c1-4-11(2)15(18(31)25-13(19(32)33)6-5-8-24-20(22)23)27-17(30)14(10-28)26-16(29)12(21)7-9-34-3/h11-15,28H,4-10,21H2,1-3H3,(H,25,31)(H,26,29)(H,27,30)(H,32,33)(H4,22,23,24). The Morgan fingerprint density at radius 1 is 1.00 bits per heavy atom. The molecule has 14 heteroatoms. The number of aliphatic carboxylic acids is 1. The number of rotatable bonds is 17. The highest BCUT2D eigenvalue weighted by atomic mass is 32.2. The maximum atomic E-state index is 12.9. The number of carbonyl (C=O) groups excluding carboxylic acids is 3. The molecule has 0 aliphatic heterocycles. The Kier molecular flexibility index (Phi) is 15.7. The normalized spacial score (nSPS) is 15.2. The number of carbonyl (C=O) groups is 4. The minimum Gasteiger partial charge on any atom is -0.480 e. The van der Waals surface area contributed by atoms with Gasteiger partial charge in [0.15, 0.2) is 5.96 Å². The lowest BCUT2D eigenvalue weighted by Gasteiger charge is -2.27. The first-order valence-corrected chi connectivity index (χ1v) is 12.4. The van der Waals surface area contributed by atoms with E-state index in [1.807, 2.05) is 6.26 Å². The molecule has 0 rings (SSSR count). The molecular weight excluding hydrogens is 466 g/mol. The summed E-state index contributed by atoms with van der Waals surface area (Å²) in [5, 5.41) is 26.4. The van der Waals surface area contributed by atoms with Gasteiger partial charge in [-0.1, -0.05) is 20.3 Å². The lowest BCUT2D eigenvalue weighted by Crippen LogP contribution is -2.59. The van der Waals surface area contributed by atoms with Crippen molar-refractivity contribution in [1.82, 2.24) is 16.0 Å². The number of aliphatic imine (C=N–C) groups is 1. The number of guanidine groups is 1. The molecule has 0 spiro atoms. The molecule has 13 nitrogen and oxygen atoms in total. The van der Waals surface area contributed by atoms with Gasteiger partial charge in [-0.05, 0) is 37.2 Å². The summed E-state index contributed by atoms with van der Waals surface area (Å²) in [6.45, 7) is 3.01. The first-order chi connectivity index (χ1) is 16.0. The highest BCUT2D eigenvalue weighted by Crippen LogP contribution is 2.10. The van der Waals surface area contributed by atoms with Crippen LogP contribution in [0.4, 0.5) is 0 Å². The van der Waals surface area contributed by atoms with Crippen LogP contribution in [0.2, 0.25) is 0 Å². The van der Waals surface area contributed by atoms with E-state index in [2.05, 4.69) is 20.9 Å². The number of hydrogen-bond donors (Lipinski definition) is 8. The first-order valence-electron chi connectivity index (χ1n) is 11.0. The van der Waals surface area contributed by atoms with Gasteiger partial charge in [0.05, 0.1) is 12.6 Å². The summed E-state index contributed by atoms with van der Waals surface area (Å²) >= 11 is 1.52. The van der Waals surface area contributed by atoms with Gasteiger partial charge in [-0.25, -0.2) is 4.79 Å². The highest BCUT2D eigenvalue weighted by molar-refractivity contribution is 7.98. The van der Waals surface area contributed by atoms with Gasteiger partial charge in [0, 0.05) is 6.54 Å². The molecule has 0 aromatic rings. The Hall–Kier alpha value is -2.58. The third kappa shape index (κ3) is 12.0. The predicted molar refractivity (Wildman–Crippen MR) is 131 cm³/mol. The third-order valence-corrected chi connectivity index (χ3v) is 5.78. The van der Waals surface area contributed by atoms with Gasteiger partial charge in [0.2, 0.25) is 17.7 Å². The Labute approximate surface area is 204 Å². The van der Waals surface area contributed by atoms with E-state index in [4.69, 9.17) is 17.2 Å². The molecule has 3 amide bonds. The second-order valence-corrected chi connectivity index (χ2v) is 8.84. The fourth-order valence-corrected chi connectivity index (χ4v) is 3.32. The summed E-state index contributed by atoms with van der Waals surface area (Å²) in [6, 6.07) is -4.47. The summed E-state index contributed by atoms with van der Waals surface area (Å²) < 4.78 is 0. The van der Waals surface area contributed by atoms with Crippen LogP contribution in [0.3, 0.4) is 0 Å². The molecule has 0 fully saturated rings.